The molecule has 9 nitrogen and oxygen atoms in total. The number of hydrogen-bond donors (Lipinski definition) is 3. The standard InChI is InChI=1S/C23H24F3N3O6S/c1-4-13-35-16-9-5-14(6-10-16)19-18(22(32,23(24,25)26)28-21(31)27-19)20(30)15-7-11-17(12-8-15)36(33,34)29(2)3/h4-12,18-19,32H,1,13H2,2-3H3,(H2,27,28,31)/t18-,19+,22+/m1/s1. The summed E-state index contributed by atoms with van der Waals surface area (Å²) in [6, 6.07) is 6.92. The summed E-state index contributed by atoms with van der Waals surface area (Å²) in [4.78, 5) is 25.4. The quantitative estimate of drug-likeness (QED) is 0.358. The van der Waals surface area contributed by atoms with Gasteiger partial charge < -0.3 is 20.5 Å². The Kier molecular flexibility index (Phi) is 7.48. The third-order valence-corrected chi connectivity index (χ3v) is 7.44. The van der Waals surface area contributed by atoms with Crippen LogP contribution in [0.1, 0.15) is 22.0 Å². The molecule has 3 atom stereocenters. The summed E-state index contributed by atoms with van der Waals surface area (Å²) in [5, 5.41) is 14.4. The first-order chi connectivity index (χ1) is 16.7. The first-order valence-electron chi connectivity index (χ1n) is 10.5. The first kappa shape index (κ1) is 27.2. The number of carbonyl (C=O) groups excluding carboxylic acids is 2. The Labute approximate surface area is 205 Å². The molecule has 0 spiro atoms. The number of urea groups is 1. The van der Waals surface area contributed by atoms with E-state index in [4.69, 9.17) is 4.74 Å². The van der Waals surface area contributed by atoms with E-state index in [9.17, 15) is 36.3 Å². The fourth-order valence-electron chi connectivity index (χ4n) is 3.72. The zero-order valence-electron chi connectivity index (χ0n) is 19.2. The number of amides is 2. The van der Waals surface area contributed by atoms with Gasteiger partial charge in [0.25, 0.3) is 0 Å². The van der Waals surface area contributed by atoms with Crippen molar-refractivity contribution in [2.75, 3.05) is 20.7 Å². The molecule has 1 aliphatic heterocycles. The molecule has 0 unspecified atom stereocenters. The van der Waals surface area contributed by atoms with Crippen LogP contribution in [0.4, 0.5) is 18.0 Å². The van der Waals surface area contributed by atoms with Crippen molar-refractivity contribution >= 4 is 21.8 Å². The first-order valence-corrected chi connectivity index (χ1v) is 11.9. The number of nitrogens with one attached hydrogen (secondary N) is 2. The number of ketones is 1. The third-order valence-electron chi connectivity index (χ3n) is 5.61. The number of sulfonamides is 1. The molecular weight excluding hydrogens is 503 g/mol. The number of hydrogen-bond acceptors (Lipinski definition) is 6. The van der Waals surface area contributed by atoms with Crippen molar-refractivity contribution in [3.63, 3.8) is 0 Å². The number of benzene rings is 2. The molecular formula is C23H24F3N3O6S. The number of aliphatic hydroxyl groups is 1. The SMILES string of the molecule is C=CCOc1ccc([C@@H]2NC(=O)N[C@@](O)(C(F)(F)F)[C@H]2C(=O)c2ccc(S(=O)(=O)N(C)C)cc2)cc1. The van der Waals surface area contributed by atoms with Crippen LogP contribution in [0.5, 0.6) is 5.75 Å². The normalized spacial score (nSPS) is 22.5. The summed E-state index contributed by atoms with van der Waals surface area (Å²) >= 11 is 0. The van der Waals surface area contributed by atoms with Crippen LogP contribution in [0, 0.1) is 5.92 Å². The lowest BCUT2D eigenvalue weighted by molar-refractivity contribution is -0.287. The Balaban J connectivity index is 2.07. The maximum Gasteiger partial charge on any atom is 0.437 e. The second-order valence-corrected chi connectivity index (χ2v) is 10.3. The topological polar surface area (TPSA) is 125 Å². The van der Waals surface area contributed by atoms with Gasteiger partial charge in [0.15, 0.2) is 5.78 Å². The lowest BCUT2D eigenvalue weighted by Gasteiger charge is -2.45. The molecule has 1 fully saturated rings. The van der Waals surface area contributed by atoms with Gasteiger partial charge >= 0.3 is 12.2 Å². The van der Waals surface area contributed by atoms with E-state index in [2.05, 4.69) is 11.9 Å². The lowest BCUT2D eigenvalue weighted by Crippen LogP contribution is -2.72. The van der Waals surface area contributed by atoms with E-state index in [0.717, 1.165) is 28.6 Å². The number of nitrogens with zero attached hydrogens (tertiary/aromatic N) is 1. The van der Waals surface area contributed by atoms with Gasteiger partial charge in [0, 0.05) is 19.7 Å². The maximum atomic E-state index is 14.1. The molecule has 13 heteroatoms. The van der Waals surface area contributed by atoms with Crippen LogP contribution in [0.15, 0.2) is 66.1 Å². The van der Waals surface area contributed by atoms with Crippen molar-refractivity contribution in [3.8, 4) is 5.75 Å². The van der Waals surface area contributed by atoms with E-state index in [0.29, 0.717) is 5.75 Å². The molecule has 0 saturated carbocycles. The number of halogens is 3. The molecule has 2 amide bonds. The molecule has 194 valence electrons. The average molecular weight is 528 g/mol. The van der Waals surface area contributed by atoms with Gasteiger partial charge in [-0.25, -0.2) is 17.5 Å². The third kappa shape index (κ3) is 5.08. The van der Waals surface area contributed by atoms with Crippen LogP contribution in [-0.2, 0) is 10.0 Å². The van der Waals surface area contributed by atoms with E-state index in [1.165, 1.54) is 49.8 Å². The highest BCUT2D eigenvalue weighted by Crippen LogP contribution is 2.44. The molecule has 1 aliphatic rings. The minimum absolute atomic E-state index is 0.101. The van der Waals surface area contributed by atoms with E-state index in [-0.39, 0.29) is 22.6 Å². The summed E-state index contributed by atoms with van der Waals surface area (Å²) in [6.45, 7) is 3.69. The Morgan fingerprint density at radius 2 is 1.75 bits per heavy atom. The van der Waals surface area contributed by atoms with Gasteiger partial charge in [0.05, 0.1) is 10.9 Å². The van der Waals surface area contributed by atoms with E-state index >= 15 is 0 Å². The molecule has 3 N–H and O–H groups in total. The van der Waals surface area contributed by atoms with Gasteiger partial charge in [-0.05, 0) is 29.8 Å². The fraction of sp³-hybridized carbons (Fsp3) is 0.304. The molecule has 2 aromatic rings. The molecule has 0 aliphatic carbocycles. The Bertz CT molecular complexity index is 1250. The Morgan fingerprint density at radius 1 is 1.17 bits per heavy atom. The van der Waals surface area contributed by atoms with Crippen molar-refractivity contribution in [2.45, 2.75) is 22.8 Å². The molecule has 1 saturated heterocycles. The molecule has 1 heterocycles. The van der Waals surface area contributed by atoms with Crippen LogP contribution < -0.4 is 15.4 Å². The van der Waals surface area contributed by atoms with Gasteiger partial charge in [0.2, 0.25) is 15.7 Å². The second-order valence-electron chi connectivity index (χ2n) is 8.16. The Hall–Kier alpha value is -3.42. The second kappa shape index (κ2) is 9.91. The summed E-state index contributed by atoms with van der Waals surface area (Å²) in [5.74, 6) is -3.06. The fourth-order valence-corrected chi connectivity index (χ4v) is 4.63. The summed E-state index contributed by atoms with van der Waals surface area (Å²) in [6.07, 6.45) is -3.93. The monoisotopic (exact) mass is 527 g/mol. The number of Topliss-reactive ketones (excluding diaryl/α,β-unsaturated/α-hetero) is 1. The zero-order valence-corrected chi connectivity index (χ0v) is 20.1. The molecule has 0 bridgehead atoms. The summed E-state index contributed by atoms with van der Waals surface area (Å²) in [7, 11) is -1.26. The maximum absolute atomic E-state index is 14.1. The molecule has 2 aromatic carbocycles. The zero-order chi connectivity index (χ0) is 26.9. The molecule has 0 aromatic heterocycles. The smallest absolute Gasteiger partial charge is 0.437 e. The van der Waals surface area contributed by atoms with Crippen LogP contribution >= 0.6 is 0 Å². The Morgan fingerprint density at radius 3 is 2.25 bits per heavy atom. The van der Waals surface area contributed by atoms with Crippen LogP contribution in [0.2, 0.25) is 0 Å². The number of carbonyl (C=O) groups is 2. The van der Waals surface area contributed by atoms with Crippen molar-refractivity contribution in [2.24, 2.45) is 5.92 Å². The van der Waals surface area contributed by atoms with Crippen LogP contribution in [0.25, 0.3) is 0 Å². The highest BCUT2D eigenvalue weighted by atomic mass is 32.2. The predicted molar refractivity (Wildman–Crippen MR) is 123 cm³/mol. The number of ether oxygens (including phenoxy) is 1. The van der Waals surface area contributed by atoms with Crippen molar-refractivity contribution in [1.82, 2.24) is 14.9 Å². The number of alkyl halides is 3. The molecule has 3 rings (SSSR count). The van der Waals surface area contributed by atoms with Crippen LogP contribution in [-0.4, -0.2) is 62.2 Å². The highest BCUT2D eigenvalue weighted by Gasteiger charge is 2.66. The lowest BCUT2D eigenvalue weighted by atomic mass is 9.77. The largest absolute Gasteiger partial charge is 0.490 e. The predicted octanol–water partition coefficient (Wildman–Crippen LogP) is 2.61. The van der Waals surface area contributed by atoms with E-state index in [1.807, 2.05) is 0 Å². The highest BCUT2D eigenvalue weighted by molar-refractivity contribution is 7.89. The number of rotatable bonds is 8. The van der Waals surface area contributed by atoms with Gasteiger partial charge in [-0.3, -0.25) is 4.79 Å². The summed E-state index contributed by atoms with van der Waals surface area (Å²) < 4.78 is 73.1. The van der Waals surface area contributed by atoms with Crippen molar-refractivity contribution in [3.05, 3.63) is 72.3 Å². The minimum atomic E-state index is -5.43. The van der Waals surface area contributed by atoms with Gasteiger partial charge in [-0.2, -0.15) is 13.2 Å². The van der Waals surface area contributed by atoms with Gasteiger partial charge in [-0.15, -0.1) is 0 Å². The molecule has 36 heavy (non-hydrogen) atoms. The van der Waals surface area contributed by atoms with E-state index < -0.39 is 45.7 Å². The average Bonchev–Trinajstić information content (AvgIpc) is 2.81. The van der Waals surface area contributed by atoms with E-state index in [1.54, 1.807) is 0 Å². The van der Waals surface area contributed by atoms with Crippen molar-refractivity contribution in [1.29, 1.82) is 0 Å². The minimum Gasteiger partial charge on any atom is -0.490 e. The summed E-state index contributed by atoms with van der Waals surface area (Å²) in [5.41, 5.74) is -4.11. The molecule has 0 radical (unpaired) electrons. The van der Waals surface area contributed by atoms with Gasteiger partial charge in [-0.1, -0.05) is 36.9 Å². The van der Waals surface area contributed by atoms with Crippen LogP contribution in [0.3, 0.4) is 0 Å². The van der Waals surface area contributed by atoms with Gasteiger partial charge in [0.1, 0.15) is 18.3 Å². The van der Waals surface area contributed by atoms with Crippen molar-refractivity contribution < 1.29 is 41.0 Å².